The maximum absolute atomic E-state index is 4.47. The smallest absolute Gasteiger partial charge is 0.134 e. The minimum atomic E-state index is 1.06. The molecule has 0 atom stereocenters. The van der Waals surface area contributed by atoms with Crippen molar-refractivity contribution in [1.29, 1.82) is 0 Å². The maximum Gasteiger partial charge on any atom is 0.134 e. The molecule has 0 amide bonds. The van der Waals surface area contributed by atoms with E-state index in [4.69, 9.17) is 0 Å². The SMILES string of the molecule is Brc1cnc(-c2cc3cc4sc(-c5ncc(Br)s5)cc4cc3s2)s1. The average molecular weight is 514 g/mol. The highest BCUT2D eigenvalue weighted by Gasteiger charge is 2.12. The van der Waals surface area contributed by atoms with Gasteiger partial charge in [0.15, 0.2) is 0 Å². The lowest BCUT2D eigenvalue weighted by Crippen LogP contribution is -1.64. The lowest BCUT2D eigenvalue weighted by atomic mass is 10.2. The lowest BCUT2D eigenvalue weighted by molar-refractivity contribution is 1.42. The van der Waals surface area contributed by atoms with Gasteiger partial charge in [0, 0.05) is 9.40 Å². The fourth-order valence-corrected chi connectivity index (χ4v) is 7.22. The van der Waals surface area contributed by atoms with Crippen molar-refractivity contribution in [2.75, 3.05) is 0 Å². The first-order valence-electron chi connectivity index (χ1n) is 6.86. The molecule has 0 bridgehead atoms. The van der Waals surface area contributed by atoms with Crippen LogP contribution in [-0.2, 0) is 0 Å². The first kappa shape index (κ1) is 15.6. The van der Waals surface area contributed by atoms with E-state index in [1.165, 1.54) is 29.9 Å². The topological polar surface area (TPSA) is 25.8 Å². The standard InChI is InChI=1S/C16H6Br2N2S4/c17-13-5-19-15(23-13)11-3-7-1-9-8(2-10(7)22-11)4-12(21-9)16-20-6-14(18)24-16/h1-6H. The van der Waals surface area contributed by atoms with Crippen LogP contribution in [0.3, 0.4) is 0 Å². The Kier molecular flexibility index (Phi) is 3.88. The summed E-state index contributed by atoms with van der Waals surface area (Å²) >= 11 is 13.9. The van der Waals surface area contributed by atoms with Gasteiger partial charge in [-0.25, -0.2) is 9.97 Å². The zero-order valence-electron chi connectivity index (χ0n) is 11.7. The number of benzene rings is 1. The minimum absolute atomic E-state index is 1.06. The van der Waals surface area contributed by atoms with E-state index in [-0.39, 0.29) is 0 Å². The highest BCUT2D eigenvalue weighted by Crippen LogP contribution is 2.42. The third-order valence-corrected chi connectivity index (χ3v) is 9.02. The van der Waals surface area contributed by atoms with E-state index in [0.717, 1.165) is 17.6 Å². The molecule has 5 aromatic rings. The summed E-state index contributed by atoms with van der Waals surface area (Å²) in [6.45, 7) is 0. The number of halogens is 2. The van der Waals surface area contributed by atoms with Crippen LogP contribution < -0.4 is 0 Å². The van der Waals surface area contributed by atoms with Gasteiger partial charge in [0.25, 0.3) is 0 Å². The van der Waals surface area contributed by atoms with Crippen molar-refractivity contribution >= 4 is 97.4 Å². The number of fused-ring (bicyclic) bond motifs is 2. The monoisotopic (exact) mass is 512 g/mol. The highest BCUT2D eigenvalue weighted by molar-refractivity contribution is 9.11. The summed E-state index contributed by atoms with van der Waals surface area (Å²) in [4.78, 5) is 11.4. The summed E-state index contributed by atoms with van der Waals surface area (Å²) in [5, 5.41) is 4.70. The lowest BCUT2D eigenvalue weighted by Gasteiger charge is -1.89. The van der Waals surface area contributed by atoms with E-state index in [1.54, 1.807) is 45.3 Å². The van der Waals surface area contributed by atoms with E-state index in [1.807, 2.05) is 12.4 Å². The molecule has 0 radical (unpaired) electrons. The van der Waals surface area contributed by atoms with Gasteiger partial charge in [-0.2, -0.15) is 0 Å². The van der Waals surface area contributed by atoms with Crippen molar-refractivity contribution in [3.05, 3.63) is 44.2 Å². The van der Waals surface area contributed by atoms with Crippen LogP contribution in [0.5, 0.6) is 0 Å². The fourth-order valence-electron chi connectivity index (χ4n) is 2.52. The summed E-state index contributed by atoms with van der Waals surface area (Å²) in [6.07, 6.45) is 3.72. The second-order valence-corrected chi connectivity index (χ2v) is 12.1. The van der Waals surface area contributed by atoms with E-state index in [9.17, 15) is 0 Å². The van der Waals surface area contributed by atoms with Crippen molar-refractivity contribution in [1.82, 2.24) is 9.97 Å². The van der Waals surface area contributed by atoms with Crippen LogP contribution in [0.2, 0.25) is 0 Å². The Morgan fingerprint density at radius 1 is 0.625 bits per heavy atom. The second kappa shape index (κ2) is 5.96. The number of aromatic nitrogens is 2. The maximum atomic E-state index is 4.47. The number of rotatable bonds is 2. The van der Waals surface area contributed by atoms with Gasteiger partial charge in [0.05, 0.1) is 29.7 Å². The van der Waals surface area contributed by atoms with E-state index in [2.05, 4.69) is 66.1 Å². The molecule has 0 N–H and O–H groups in total. The summed E-state index contributed by atoms with van der Waals surface area (Å²) in [6, 6.07) is 9.04. The Hall–Kier alpha value is -0.640. The summed E-state index contributed by atoms with van der Waals surface area (Å²) < 4.78 is 4.73. The molecule has 4 aromatic heterocycles. The van der Waals surface area contributed by atoms with Crippen molar-refractivity contribution in [3.63, 3.8) is 0 Å². The molecule has 0 aliphatic carbocycles. The summed E-state index contributed by atoms with van der Waals surface area (Å²) in [7, 11) is 0. The van der Waals surface area contributed by atoms with E-state index in [0.29, 0.717) is 0 Å². The molecular formula is C16H6Br2N2S4. The van der Waals surface area contributed by atoms with Crippen molar-refractivity contribution in [2.45, 2.75) is 0 Å². The van der Waals surface area contributed by atoms with Gasteiger partial charge >= 0.3 is 0 Å². The Balaban J connectivity index is 1.64. The number of nitrogens with zero attached hydrogens (tertiary/aromatic N) is 2. The Bertz CT molecular complexity index is 1060. The number of thiophene rings is 2. The molecule has 8 heteroatoms. The van der Waals surface area contributed by atoms with E-state index < -0.39 is 0 Å². The molecule has 0 saturated carbocycles. The average Bonchev–Trinajstić information content (AvgIpc) is 3.29. The second-order valence-electron chi connectivity index (χ2n) is 5.09. The normalized spacial score (nSPS) is 11.8. The van der Waals surface area contributed by atoms with Gasteiger partial charge in [-0.1, -0.05) is 0 Å². The summed E-state index contributed by atoms with van der Waals surface area (Å²) in [5.41, 5.74) is 0. The van der Waals surface area contributed by atoms with Crippen LogP contribution in [0.15, 0.2) is 44.2 Å². The largest absolute Gasteiger partial charge is 0.242 e. The molecule has 0 saturated heterocycles. The molecule has 0 unspecified atom stereocenters. The van der Waals surface area contributed by atoms with Crippen LogP contribution in [0.25, 0.3) is 39.9 Å². The third kappa shape index (κ3) is 2.69. The van der Waals surface area contributed by atoms with Gasteiger partial charge in [-0.15, -0.1) is 45.3 Å². The molecule has 24 heavy (non-hydrogen) atoms. The number of hydrogen-bond donors (Lipinski definition) is 0. The Morgan fingerprint density at radius 3 is 1.46 bits per heavy atom. The minimum Gasteiger partial charge on any atom is -0.242 e. The zero-order chi connectivity index (χ0) is 16.3. The first-order chi connectivity index (χ1) is 11.7. The van der Waals surface area contributed by atoms with Crippen molar-refractivity contribution in [2.24, 2.45) is 0 Å². The van der Waals surface area contributed by atoms with Crippen LogP contribution in [0, 0.1) is 0 Å². The van der Waals surface area contributed by atoms with Crippen LogP contribution in [0.1, 0.15) is 0 Å². The van der Waals surface area contributed by atoms with Gasteiger partial charge in [-0.05, 0) is 66.9 Å². The van der Waals surface area contributed by atoms with Gasteiger partial charge in [0.2, 0.25) is 0 Å². The van der Waals surface area contributed by atoms with Gasteiger partial charge in [0.1, 0.15) is 10.0 Å². The predicted octanol–water partition coefficient (Wildman–Crippen LogP) is 7.89. The van der Waals surface area contributed by atoms with E-state index >= 15 is 0 Å². The molecule has 4 heterocycles. The molecule has 0 aliphatic rings. The molecule has 0 aliphatic heterocycles. The molecule has 5 rings (SSSR count). The third-order valence-electron chi connectivity index (χ3n) is 3.53. The molecular weight excluding hydrogens is 508 g/mol. The molecule has 0 spiro atoms. The number of hydrogen-bond acceptors (Lipinski definition) is 6. The number of thiazole rings is 2. The predicted molar refractivity (Wildman–Crippen MR) is 115 cm³/mol. The highest BCUT2D eigenvalue weighted by atomic mass is 79.9. The van der Waals surface area contributed by atoms with Gasteiger partial charge in [-0.3, -0.25) is 0 Å². The van der Waals surface area contributed by atoms with Gasteiger partial charge < -0.3 is 0 Å². The Morgan fingerprint density at radius 2 is 1.08 bits per heavy atom. The van der Waals surface area contributed by atoms with Crippen molar-refractivity contribution < 1.29 is 0 Å². The van der Waals surface area contributed by atoms with Crippen LogP contribution in [-0.4, -0.2) is 9.97 Å². The van der Waals surface area contributed by atoms with Crippen LogP contribution >= 0.6 is 77.2 Å². The Labute approximate surface area is 170 Å². The molecule has 118 valence electrons. The molecule has 0 fully saturated rings. The zero-order valence-corrected chi connectivity index (χ0v) is 18.2. The summed E-state index contributed by atoms with van der Waals surface area (Å²) in [5.74, 6) is 0. The van der Waals surface area contributed by atoms with Crippen molar-refractivity contribution in [3.8, 4) is 19.8 Å². The molecule has 2 nitrogen and oxygen atoms in total. The fraction of sp³-hybridized carbons (Fsp3) is 0. The first-order valence-corrected chi connectivity index (χ1v) is 11.7. The molecule has 1 aromatic carbocycles. The van der Waals surface area contributed by atoms with Crippen LogP contribution in [0.4, 0.5) is 0 Å². The quantitative estimate of drug-likeness (QED) is 0.240.